The molecule has 7 nitrogen and oxygen atoms in total. The Kier molecular flexibility index (Phi) is 6.67. The molecule has 0 N–H and O–H groups in total. The van der Waals surface area contributed by atoms with Crippen molar-refractivity contribution in [3.05, 3.63) is 103 Å². The van der Waals surface area contributed by atoms with Crippen LogP contribution in [0.3, 0.4) is 0 Å². The smallest absolute Gasteiger partial charge is 0.338 e. The van der Waals surface area contributed by atoms with Crippen molar-refractivity contribution in [3.8, 4) is 11.5 Å². The van der Waals surface area contributed by atoms with Gasteiger partial charge in [0.15, 0.2) is 4.80 Å². The second-order valence-corrected chi connectivity index (χ2v) is 9.49. The third kappa shape index (κ3) is 4.34. The highest BCUT2D eigenvalue weighted by Gasteiger charge is 2.33. The first kappa shape index (κ1) is 24.5. The van der Waals surface area contributed by atoms with Crippen molar-refractivity contribution < 1.29 is 19.0 Å². The lowest BCUT2D eigenvalue weighted by atomic mass is 9.96. The van der Waals surface area contributed by atoms with Crippen LogP contribution in [0.5, 0.6) is 11.5 Å². The molecule has 1 atom stereocenters. The second-order valence-electron chi connectivity index (χ2n) is 8.48. The number of nitrogens with zero attached hydrogens (tertiary/aromatic N) is 2. The molecule has 37 heavy (non-hydrogen) atoms. The fourth-order valence-corrected chi connectivity index (χ4v) is 5.66. The van der Waals surface area contributed by atoms with Crippen LogP contribution in [0.2, 0.25) is 0 Å². The molecule has 0 fully saturated rings. The van der Waals surface area contributed by atoms with Gasteiger partial charge in [-0.2, -0.15) is 0 Å². The Morgan fingerprint density at radius 3 is 2.51 bits per heavy atom. The minimum Gasteiger partial charge on any atom is -0.497 e. The van der Waals surface area contributed by atoms with E-state index in [0.717, 1.165) is 21.9 Å². The quantitative estimate of drug-likeness (QED) is 0.364. The van der Waals surface area contributed by atoms with Crippen LogP contribution in [-0.4, -0.2) is 31.4 Å². The predicted octanol–water partition coefficient (Wildman–Crippen LogP) is 3.97. The summed E-state index contributed by atoms with van der Waals surface area (Å²) in [6.45, 7) is 3.74. The Morgan fingerprint density at radius 2 is 1.81 bits per heavy atom. The minimum atomic E-state index is -0.683. The van der Waals surface area contributed by atoms with Gasteiger partial charge in [0.2, 0.25) is 0 Å². The van der Waals surface area contributed by atoms with Gasteiger partial charge in [0, 0.05) is 5.56 Å². The monoisotopic (exact) mass is 514 g/mol. The summed E-state index contributed by atoms with van der Waals surface area (Å²) in [4.78, 5) is 32.2. The highest BCUT2D eigenvalue weighted by molar-refractivity contribution is 7.07. The van der Waals surface area contributed by atoms with Crippen LogP contribution in [0.25, 0.3) is 16.8 Å². The van der Waals surface area contributed by atoms with Gasteiger partial charge in [-0.1, -0.05) is 53.8 Å². The highest BCUT2D eigenvalue weighted by atomic mass is 32.1. The van der Waals surface area contributed by atoms with Gasteiger partial charge < -0.3 is 14.2 Å². The maximum absolute atomic E-state index is 13.9. The van der Waals surface area contributed by atoms with Crippen molar-refractivity contribution >= 4 is 34.2 Å². The molecule has 3 aromatic carbocycles. The number of esters is 1. The van der Waals surface area contributed by atoms with Gasteiger partial charge in [-0.15, -0.1) is 0 Å². The van der Waals surface area contributed by atoms with Gasteiger partial charge in [0.05, 0.1) is 42.7 Å². The standard InChI is InChI=1S/C29H26N2O5S/c1-5-36-28(33)25-17(2)30-29-31(26(25)19-10-13-20(34-3)14-11-19)27(32)24(37-29)16-22-21-9-7-6-8-18(21)12-15-23(22)35-4/h6-16,26H,5H2,1-4H3/b24-16-/t26-/m0/s1. The summed E-state index contributed by atoms with van der Waals surface area (Å²) < 4.78 is 18.4. The number of fused-ring (bicyclic) bond motifs is 2. The molecule has 0 saturated heterocycles. The molecule has 1 aromatic heterocycles. The number of hydrogen-bond donors (Lipinski definition) is 0. The summed E-state index contributed by atoms with van der Waals surface area (Å²) in [5.41, 5.74) is 2.19. The Labute approximate surface area is 217 Å². The topological polar surface area (TPSA) is 79.1 Å². The maximum atomic E-state index is 13.9. The number of methoxy groups -OCH3 is 2. The molecule has 1 aliphatic rings. The molecule has 0 radical (unpaired) electrons. The number of thiazole rings is 1. The molecule has 8 heteroatoms. The molecule has 0 saturated carbocycles. The number of hydrogen-bond acceptors (Lipinski definition) is 7. The lowest BCUT2D eigenvalue weighted by Gasteiger charge is -2.24. The molecule has 188 valence electrons. The fraction of sp³-hybridized carbons (Fsp3) is 0.207. The van der Waals surface area contributed by atoms with Gasteiger partial charge in [0.1, 0.15) is 11.5 Å². The van der Waals surface area contributed by atoms with Gasteiger partial charge in [0.25, 0.3) is 5.56 Å². The zero-order chi connectivity index (χ0) is 26.1. The summed E-state index contributed by atoms with van der Waals surface area (Å²) in [7, 11) is 3.20. The number of ether oxygens (including phenoxy) is 3. The average Bonchev–Trinajstić information content (AvgIpc) is 3.22. The number of carbonyl (C=O) groups excluding carboxylic acids is 1. The Bertz CT molecular complexity index is 1710. The van der Waals surface area contributed by atoms with Crippen molar-refractivity contribution in [1.29, 1.82) is 0 Å². The van der Waals surface area contributed by atoms with Crippen molar-refractivity contribution in [2.24, 2.45) is 4.99 Å². The first-order valence-electron chi connectivity index (χ1n) is 11.9. The number of benzene rings is 3. The molecule has 5 rings (SSSR count). The van der Waals surface area contributed by atoms with Gasteiger partial charge in [-0.05, 0) is 54.5 Å². The number of carbonyl (C=O) groups is 1. The highest BCUT2D eigenvalue weighted by Crippen LogP contribution is 2.32. The van der Waals surface area contributed by atoms with Crippen molar-refractivity contribution in [2.75, 3.05) is 20.8 Å². The molecule has 2 heterocycles. The van der Waals surface area contributed by atoms with Gasteiger partial charge >= 0.3 is 5.97 Å². The van der Waals surface area contributed by atoms with E-state index in [9.17, 15) is 9.59 Å². The lowest BCUT2D eigenvalue weighted by molar-refractivity contribution is -0.139. The third-order valence-electron chi connectivity index (χ3n) is 6.37. The third-order valence-corrected chi connectivity index (χ3v) is 7.36. The molecule has 4 aromatic rings. The number of aromatic nitrogens is 1. The van der Waals surface area contributed by atoms with E-state index in [4.69, 9.17) is 14.2 Å². The van der Waals surface area contributed by atoms with Crippen LogP contribution in [0.15, 0.2) is 81.7 Å². The van der Waals surface area contributed by atoms with Crippen LogP contribution in [0, 0.1) is 0 Å². The van der Waals surface area contributed by atoms with Crippen LogP contribution in [-0.2, 0) is 9.53 Å². The molecule has 1 aliphatic heterocycles. The number of rotatable bonds is 6. The SMILES string of the molecule is CCOC(=O)C1=C(C)N=c2s/c(=C\c3c(OC)ccc4ccccc34)c(=O)n2[C@H]1c1ccc(OC)cc1. The average molecular weight is 515 g/mol. The van der Waals surface area contributed by atoms with E-state index in [1.165, 1.54) is 11.3 Å². The normalized spacial score (nSPS) is 15.4. The molecule has 0 unspecified atom stereocenters. The minimum absolute atomic E-state index is 0.218. The molecular weight excluding hydrogens is 488 g/mol. The van der Waals surface area contributed by atoms with E-state index in [-0.39, 0.29) is 12.2 Å². The van der Waals surface area contributed by atoms with Crippen molar-refractivity contribution in [1.82, 2.24) is 4.57 Å². The van der Waals surface area contributed by atoms with Crippen LogP contribution in [0.1, 0.15) is 31.0 Å². The van der Waals surface area contributed by atoms with E-state index >= 15 is 0 Å². The van der Waals surface area contributed by atoms with Crippen LogP contribution in [0.4, 0.5) is 0 Å². The zero-order valence-corrected chi connectivity index (χ0v) is 21.8. The fourth-order valence-electron chi connectivity index (χ4n) is 4.63. The largest absolute Gasteiger partial charge is 0.497 e. The zero-order valence-electron chi connectivity index (χ0n) is 21.0. The van der Waals surface area contributed by atoms with Crippen molar-refractivity contribution in [3.63, 3.8) is 0 Å². The second kappa shape index (κ2) is 10.1. The summed E-state index contributed by atoms with van der Waals surface area (Å²) in [6, 6.07) is 18.5. The Morgan fingerprint density at radius 1 is 1.05 bits per heavy atom. The molecule has 0 aliphatic carbocycles. The Balaban J connectivity index is 1.77. The summed E-state index contributed by atoms with van der Waals surface area (Å²) in [6.07, 6.45) is 1.85. The molecule has 0 amide bonds. The van der Waals surface area contributed by atoms with Gasteiger partial charge in [-0.25, -0.2) is 9.79 Å². The maximum Gasteiger partial charge on any atom is 0.338 e. The molecular formula is C29H26N2O5S. The number of allylic oxidation sites excluding steroid dienone is 1. The van der Waals surface area contributed by atoms with E-state index < -0.39 is 12.0 Å². The summed E-state index contributed by atoms with van der Waals surface area (Å²) >= 11 is 1.28. The van der Waals surface area contributed by atoms with Crippen molar-refractivity contribution in [2.45, 2.75) is 19.9 Å². The van der Waals surface area contributed by atoms with Crippen LogP contribution >= 0.6 is 11.3 Å². The molecule has 0 bridgehead atoms. The molecule has 0 spiro atoms. The lowest BCUT2D eigenvalue weighted by Crippen LogP contribution is -2.39. The Hall–Kier alpha value is -4.17. The predicted molar refractivity (Wildman–Crippen MR) is 144 cm³/mol. The van der Waals surface area contributed by atoms with E-state index in [1.54, 1.807) is 32.6 Å². The summed E-state index contributed by atoms with van der Waals surface area (Å²) in [5.74, 6) is 0.854. The van der Waals surface area contributed by atoms with E-state index in [2.05, 4.69) is 4.99 Å². The van der Waals surface area contributed by atoms with Gasteiger partial charge in [-0.3, -0.25) is 9.36 Å². The summed E-state index contributed by atoms with van der Waals surface area (Å²) in [5, 5.41) is 2.02. The first-order chi connectivity index (χ1) is 18.0. The first-order valence-corrected chi connectivity index (χ1v) is 12.7. The van der Waals surface area contributed by atoms with E-state index in [0.29, 0.717) is 32.1 Å². The van der Waals surface area contributed by atoms with E-state index in [1.807, 2.05) is 66.7 Å². The van der Waals surface area contributed by atoms with Crippen LogP contribution < -0.4 is 24.4 Å².